The number of piperazine rings is 1. The number of fused-ring (bicyclic) bond motifs is 6. The molecule has 6 heterocycles. The number of methoxy groups -OCH3 is 1. The van der Waals surface area contributed by atoms with Crippen LogP contribution in [0.4, 0.5) is 13.2 Å². The number of nitrogens with one attached hydrogen (secondary N) is 1. The summed E-state index contributed by atoms with van der Waals surface area (Å²) in [7, 11) is 1.44. The predicted octanol–water partition coefficient (Wildman–Crippen LogP) is 3.84. The third-order valence-electron chi connectivity index (χ3n) is 10.4. The first-order valence-electron chi connectivity index (χ1n) is 16.4. The Bertz CT molecular complexity index is 1950. The average Bonchev–Trinajstić information content (AvgIpc) is 3.48. The van der Waals surface area contributed by atoms with E-state index in [-0.39, 0.29) is 43.6 Å². The molecule has 1 amide bonds. The maximum absolute atomic E-state index is 13.5. The molecule has 0 saturated carbocycles. The van der Waals surface area contributed by atoms with Crippen LogP contribution in [-0.4, -0.2) is 95.9 Å². The fourth-order valence-corrected chi connectivity index (χ4v) is 10.1. The van der Waals surface area contributed by atoms with E-state index in [9.17, 15) is 37.9 Å². The summed E-state index contributed by atoms with van der Waals surface area (Å²) in [6.07, 6.45) is -3.47. The highest BCUT2D eigenvalue weighted by Gasteiger charge is 2.64. The number of hydrogen-bond acceptors (Lipinski definition) is 13. The summed E-state index contributed by atoms with van der Waals surface area (Å²) in [6.45, 7) is 8.41. The Labute approximate surface area is 300 Å². The molecule has 276 valence electrons. The fourth-order valence-electron chi connectivity index (χ4n) is 8.60. The van der Waals surface area contributed by atoms with Crippen LogP contribution in [0.3, 0.4) is 0 Å². The molecule has 2 saturated heterocycles. The number of phenols is 1. The van der Waals surface area contributed by atoms with Gasteiger partial charge >= 0.3 is 24.0 Å². The van der Waals surface area contributed by atoms with E-state index in [4.69, 9.17) is 23.7 Å². The van der Waals surface area contributed by atoms with Crippen molar-refractivity contribution in [1.82, 2.24) is 15.1 Å². The Morgan fingerprint density at radius 1 is 1.21 bits per heavy atom. The molecule has 2 fully saturated rings. The van der Waals surface area contributed by atoms with Crippen LogP contribution < -0.4 is 24.3 Å². The van der Waals surface area contributed by atoms with E-state index < -0.39 is 71.3 Å². The first-order chi connectivity index (χ1) is 24.7. The second-order valence-corrected chi connectivity index (χ2v) is 14.6. The van der Waals surface area contributed by atoms with E-state index in [0.717, 1.165) is 11.8 Å². The monoisotopic (exact) mass is 744 g/mol. The van der Waals surface area contributed by atoms with Gasteiger partial charge in [-0.25, -0.2) is 4.79 Å². The lowest BCUT2D eigenvalue weighted by Crippen LogP contribution is -2.70. The molecule has 7 atom stereocenters. The summed E-state index contributed by atoms with van der Waals surface area (Å²) in [6, 6.07) is 0.221. The van der Waals surface area contributed by atoms with Crippen LogP contribution in [0, 0.1) is 25.2 Å². The second-order valence-electron chi connectivity index (χ2n) is 13.4. The highest BCUT2D eigenvalue weighted by Crippen LogP contribution is 2.65. The van der Waals surface area contributed by atoms with Gasteiger partial charge in [-0.2, -0.15) is 18.4 Å². The lowest BCUT2D eigenvalue weighted by molar-refractivity contribution is -0.176. The molecule has 52 heavy (non-hydrogen) atoms. The topological polar surface area (TPSA) is 160 Å². The molecule has 0 aromatic heterocycles. The number of hydrogen-bond donors (Lipinski definition) is 2. The maximum atomic E-state index is 13.5. The number of aryl methyl sites for hydroxylation is 1. The van der Waals surface area contributed by atoms with Crippen LogP contribution >= 0.6 is 11.8 Å². The average molecular weight is 745 g/mol. The van der Waals surface area contributed by atoms with E-state index in [1.165, 1.54) is 14.0 Å². The van der Waals surface area contributed by atoms with Crippen molar-refractivity contribution in [2.75, 3.05) is 39.4 Å². The third kappa shape index (κ3) is 5.33. The van der Waals surface area contributed by atoms with Gasteiger partial charge in [-0.05, 0) is 25.0 Å². The molecule has 6 aliphatic rings. The van der Waals surface area contributed by atoms with Gasteiger partial charge in [-0.3, -0.25) is 19.4 Å². The number of ether oxygens (including phenoxy) is 5. The summed E-state index contributed by atoms with van der Waals surface area (Å²) < 4.78 is 69.6. The molecule has 2 N–H and O–H groups in total. The minimum atomic E-state index is -5.27. The molecular formula is C35H35F3N4O9S. The Balaban J connectivity index is 1.55. The summed E-state index contributed by atoms with van der Waals surface area (Å²) in [5.41, 5.74) is 1.76. The van der Waals surface area contributed by atoms with E-state index in [0.29, 0.717) is 44.9 Å². The normalized spacial score (nSPS) is 28.7. The maximum Gasteiger partial charge on any atom is 0.471 e. The minimum Gasteiger partial charge on any atom is -0.504 e. The lowest BCUT2D eigenvalue weighted by Gasteiger charge is -2.60. The third-order valence-corrected chi connectivity index (χ3v) is 11.8. The summed E-state index contributed by atoms with van der Waals surface area (Å²) in [4.78, 5) is 42.3. The Morgan fingerprint density at radius 2 is 1.94 bits per heavy atom. The number of alkyl halides is 3. The molecular weight excluding hydrogens is 709 g/mol. The molecule has 2 aromatic carbocycles. The zero-order valence-electron chi connectivity index (χ0n) is 28.6. The number of benzene rings is 2. The van der Waals surface area contributed by atoms with Crippen LogP contribution in [-0.2, 0) is 25.5 Å². The summed E-state index contributed by atoms with van der Waals surface area (Å²) >= 11 is 1.03. The molecule has 4 unspecified atom stereocenters. The van der Waals surface area contributed by atoms with Gasteiger partial charge in [0.1, 0.15) is 23.9 Å². The smallest absolute Gasteiger partial charge is 0.471 e. The van der Waals surface area contributed by atoms with Crippen molar-refractivity contribution in [2.24, 2.45) is 0 Å². The van der Waals surface area contributed by atoms with Gasteiger partial charge in [0.25, 0.3) is 0 Å². The quantitative estimate of drug-likeness (QED) is 0.259. The first kappa shape index (κ1) is 35.7. The number of phenolic OH excluding ortho intramolecular Hbond substituents is 1. The van der Waals surface area contributed by atoms with Crippen molar-refractivity contribution >= 4 is 29.6 Å². The highest BCUT2D eigenvalue weighted by atomic mass is 32.2. The Morgan fingerprint density at radius 3 is 2.60 bits per heavy atom. The standard InChI is InChI=1S/C35H35F3N4O9S/c1-6-7-41-13-34(12-39)9-18-8-15(2)27(47-5)26(44)21(18)24(41)25-31-23-22(30-29(49-14-50-30)16(3)28(23)51-17(4)43)20(42(25)34)10-48-32(45)19(11-52-31)40-33(46)35(36,37)38/h6,8,19-20,24-25,31,44H,1,7,9-11,13-14H2,2-5H3,(H,40,46)/t19?,20-,24?,25?,31+,34-/m0/s1. The van der Waals surface area contributed by atoms with Gasteiger partial charge in [0.15, 0.2) is 23.0 Å². The van der Waals surface area contributed by atoms with Crippen molar-refractivity contribution in [3.8, 4) is 34.8 Å². The van der Waals surface area contributed by atoms with Crippen molar-refractivity contribution in [3.63, 3.8) is 0 Å². The van der Waals surface area contributed by atoms with Crippen molar-refractivity contribution in [3.05, 3.63) is 52.1 Å². The highest BCUT2D eigenvalue weighted by molar-refractivity contribution is 7.99. The number of esters is 2. The number of rotatable bonds is 5. The molecule has 0 spiro atoms. The largest absolute Gasteiger partial charge is 0.504 e. The number of nitrogens with zero attached hydrogens (tertiary/aromatic N) is 3. The number of thioether (sulfide) groups is 1. The van der Waals surface area contributed by atoms with E-state index in [2.05, 4.69) is 12.6 Å². The van der Waals surface area contributed by atoms with Gasteiger partial charge in [-0.15, -0.1) is 18.3 Å². The molecule has 2 aromatic rings. The van der Waals surface area contributed by atoms with Crippen molar-refractivity contribution in [1.29, 1.82) is 5.26 Å². The fraction of sp³-hybridized carbons (Fsp3) is 0.486. The molecule has 6 aliphatic heterocycles. The second kappa shape index (κ2) is 12.8. The van der Waals surface area contributed by atoms with Crippen LogP contribution in [0.5, 0.6) is 28.7 Å². The minimum absolute atomic E-state index is 0.127. The van der Waals surface area contributed by atoms with Gasteiger partial charge in [0.2, 0.25) is 6.79 Å². The number of aromatic hydroxyl groups is 1. The summed E-state index contributed by atoms with van der Waals surface area (Å²) in [5, 5.41) is 24.2. The van der Waals surface area contributed by atoms with E-state index in [1.54, 1.807) is 25.2 Å². The number of carbonyl (C=O) groups excluding carboxylic acids is 3. The number of carbonyl (C=O) groups is 3. The van der Waals surface area contributed by atoms with Gasteiger partial charge in [0.05, 0.1) is 30.5 Å². The van der Waals surface area contributed by atoms with Crippen molar-refractivity contribution in [2.45, 2.75) is 68.3 Å². The van der Waals surface area contributed by atoms with Gasteiger partial charge < -0.3 is 34.1 Å². The number of nitriles is 1. The Hall–Kier alpha value is -4.66. The molecule has 0 aliphatic carbocycles. The Kier molecular flexibility index (Phi) is 8.78. The van der Waals surface area contributed by atoms with Crippen LogP contribution in [0.1, 0.15) is 57.6 Å². The molecule has 17 heteroatoms. The SMILES string of the molecule is C=CCN1C[C@@]2(C#N)Cc3cc(C)c(OC)c(O)c3C1C1[C@@H]3SCC(NC(=O)C(F)(F)F)C(=O)OC[C@@H](c4c5c(c(C)c(OC(C)=O)c43)OCO5)N12. The van der Waals surface area contributed by atoms with E-state index >= 15 is 0 Å². The van der Waals surface area contributed by atoms with Gasteiger partial charge in [0, 0.05) is 60.5 Å². The number of cyclic esters (lactones) is 1. The predicted molar refractivity (Wildman–Crippen MR) is 177 cm³/mol. The van der Waals surface area contributed by atoms with Crippen LogP contribution in [0.15, 0.2) is 18.7 Å². The lowest BCUT2D eigenvalue weighted by atomic mass is 9.76. The van der Waals surface area contributed by atoms with Gasteiger partial charge in [-0.1, -0.05) is 12.1 Å². The molecule has 13 nitrogen and oxygen atoms in total. The molecule has 0 radical (unpaired) electrons. The van der Waals surface area contributed by atoms with E-state index in [1.807, 2.05) is 15.9 Å². The van der Waals surface area contributed by atoms with Crippen LogP contribution in [0.25, 0.3) is 0 Å². The first-order valence-corrected chi connectivity index (χ1v) is 17.5. The number of amides is 1. The molecule has 4 bridgehead atoms. The number of halogens is 3. The van der Waals surface area contributed by atoms with Crippen molar-refractivity contribution < 1.29 is 56.3 Å². The molecule has 8 rings (SSSR count). The van der Waals surface area contributed by atoms with Crippen LogP contribution in [0.2, 0.25) is 0 Å². The summed E-state index contributed by atoms with van der Waals surface area (Å²) in [5.74, 6) is -3.65. The zero-order valence-corrected chi connectivity index (χ0v) is 29.4. The zero-order chi connectivity index (χ0) is 37.4.